The molecule has 0 bridgehead atoms. The monoisotopic (exact) mass is 1300 g/mol. The molecule has 2 aromatic carbocycles. The predicted molar refractivity (Wildman–Crippen MR) is 352 cm³/mol. The Hall–Kier alpha value is -7.93. The summed E-state index contributed by atoms with van der Waals surface area (Å²) in [6.45, 7) is 19.0. The maximum absolute atomic E-state index is 14.8. The fraction of sp³-hybridized carbons (Fsp3) is 0.632. The predicted octanol–water partition coefficient (Wildman–Crippen LogP) is 5.59. The van der Waals surface area contributed by atoms with Crippen LogP contribution in [0.4, 0.5) is 15.3 Å². The van der Waals surface area contributed by atoms with E-state index in [1.54, 1.807) is 75.9 Å². The van der Waals surface area contributed by atoms with Gasteiger partial charge in [0, 0.05) is 78.3 Å². The number of carbonyl (C=O) groups is 11. The number of hydrogen-bond donors (Lipinski definition) is 7. The smallest absolute Gasteiger partial charge is 0.410 e. The van der Waals surface area contributed by atoms with Crippen LogP contribution in [0.2, 0.25) is 0 Å². The molecule has 93 heavy (non-hydrogen) atoms. The number of ether oxygens (including phenoxy) is 3. The van der Waals surface area contributed by atoms with Gasteiger partial charge >= 0.3 is 12.1 Å². The molecule has 0 saturated carbocycles. The molecule has 25 heteroatoms. The summed E-state index contributed by atoms with van der Waals surface area (Å²) in [7, 11) is 6.17. The van der Waals surface area contributed by atoms with Crippen LogP contribution in [0.15, 0.2) is 66.7 Å². The normalized spacial score (nSPS) is 17.1. The number of benzene rings is 2. The molecule has 0 spiro atoms. The highest BCUT2D eigenvalue weighted by atomic mass is 16.6. The molecule has 0 aliphatic carbocycles. The highest BCUT2D eigenvalue weighted by Gasteiger charge is 2.44. The number of urea groups is 1. The third kappa shape index (κ3) is 23.5. The molecule has 25 nitrogen and oxygen atoms in total. The number of methoxy groups -OCH3 is 2. The van der Waals surface area contributed by atoms with Crippen molar-refractivity contribution in [3.05, 3.63) is 77.9 Å². The van der Waals surface area contributed by atoms with Crippen molar-refractivity contribution in [2.45, 2.75) is 201 Å². The maximum Gasteiger partial charge on any atom is 0.410 e. The third-order valence-corrected chi connectivity index (χ3v) is 17.5. The highest BCUT2D eigenvalue weighted by Crippen LogP contribution is 2.30. The van der Waals surface area contributed by atoms with E-state index in [1.165, 1.54) is 31.2 Å². The number of primary amides is 1. The van der Waals surface area contributed by atoms with Gasteiger partial charge < -0.3 is 61.6 Å². The van der Waals surface area contributed by atoms with E-state index in [1.807, 2.05) is 71.9 Å². The molecule has 11 atom stereocenters. The van der Waals surface area contributed by atoms with Crippen LogP contribution in [0, 0.1) is 29.6 Å². The summed E-state index contributed by atoms with van der Waals surface area (Å²) in [5.41, 5.74) is 7.22. The molecule has 0 aromatic heterocycles. The van der Waals surface area contributed by atoms with Gasteiger partial charge in [0.15, 0.2) is 0 Å². The lowest BCUT2D eigenvalue weighted by Crippen LogP contribution is -2.60. The van der Waals surface area contributed by atoms with E-state index in [2.05, 4.69) is 31.9 Å². The molecule has 2 aliphatic heterocycles. The van der Waals surface area contributed by atoms with E-state index in [9.17, 15) is 52.7 Å². The minimum absolute atomic E-state index is 0.0569. The van der Waals surface area contributed by atoms with Crippen LogP contribution in [-0.2, 0) is 70.4 Å². The Morgan fingerprint density at radius 2 is 1.33 bits per heavy atom. The average molecular weight is 1300 g/mol. The summed E-state index contributed by atoms with van der Waals surface area (Å²) in [6, 6.07) is 10.2. The lowest BCUT2D eigenvalue weighted by Gasteiger charge is -2.41. The number of nitrogens with zero attached hydrogens (tertiary/aromatic N) is 4. The lowest BCUT2D eigenvalue weighted by molar-refractivity contribution is -0.148. The minimum atomic E-state index is -1.11. The number of nitrogens with two attached hydrogens (primary N) is 1. The molecule has 0 unspecified atom stereocenters. The second-order valence-electron chi connectivity index (χ2n) is 25.7. The number of rotatable bonds is 38. The Morgan fingerprint density at radius 3 is 1.91 bits per heavy atom. The van der Waals surface area contributed by atoms with Crippen molar-refractivity contribution in [2.24, 2.45) is 35.3 Å². The summed E-state index contributed by atoms with van der Waals surface area (Å²) in [5.74, 6) is -5.59. The standard InChI is InChI=1S/C68H105N11O14/c1-15-44(8)60(52(91-13)39-56(83)78-37-23-27-51(78)61(92-14)46(10)62(84)71-45(9)38-47-24-18-16-19-25-47)76(11)66(88)58(42(4)5)75-65(87)59(43(6)7)77(12)68(90)93-40-48-29-31-49(32-30-48)72-63(85)50(26-22-35-70-67(69)89)73-64(86)57(41(2)3)74-53(80)28-20-17-21-36-79-54(81)33-34-55(79)82/h16,18-19,24-25,29-34,41-46,50-52,57-61H,15,17,20-23,26-28,35-40H2,1-14H3,(H,71,84)(H,72,85)(H,73,86)(H,74,80)(H,75,87)(H3,69,70,89)/t44-,45+,46+,50-,51-,52+,57-,58-,59-,60-,61+/m0/s1. The molecule has 2 aliphatic rings. The Labute approximate surface area is 549 Å². The highest BCUT2D eigenvalue weighted by molar-refractivity contribution is 6.12. The molecule has 516 valence electrons. The zero-order chi connectivity index (χ0) is 69.2. The Bertz CT molecular complexity index is 2840. The third-order valence-electron chi connectivity index (χ3n) is 17.5. The number of unbranched alkanes of at least 4 members (excludes halogenated alkanes) is 2. The Morgan fingerprint density at radius 1 is 0.688 bits per heavy atom. The zero-order valence-electron chi connectivity index (χ0n) is 57.1. The van der Waals surface area contributed by atoms with Crippen molar-refractivity contribution in [1.82, 2.24) is 46.2 Å². The van der Waals surface area contributed by atoms with Crippen LogP contribution < -0.4 is 37.6 Å². The summed E-state index contributed by atoms with van der Waals surface area (Å²) >= 11 is 0. The van der Waals surface area contributed by atoms with E-state index in [0.717, 1.165) is 16.9 Å². The van der Waals surface area contributed by atoms with Crippen LogP contribution in [0.25, 0.3) is 0 Å². The van der Waals surface area contributed by atoms with Crippen LogP contribution in [0.5, 0.6) is 0 Å². The fourth-order valence-corrected chi connectivity index (χ4v) is 12.1. The molecule has 4 rings (SSSR count). The quantitative estimate of drug-likeness (QED) is 0.0319. The second kappa shape index (κ2) is 38.3. The molecule has 12 amide bonds. The minimum Gasteiger partial charge on any atom is -0.445 e. The van der Waals surface area contributed by atoms with Crippen LogP contribution in [0.3, 0.4) is 0 Å². The van der Waals surface area contributed by atoms with Crippen LogP contribution in [0.1, 0.15) is 145 Å². The van der Waals surface area contributed by atoms with Gasteiger partial charge in [-0.15, -0.1) is 0 Å². The van der Waals surface area contributed by atoms with Gasteiger partial charge in [-0.3, -0.25) is 53.0 Å². The van der Waals surface area contributed by atoms with Gasteiger partial charge in [0.25, 0.3) is 11.8 Å². The Balaban J connectivity index is 1.37. The molecule has 8 N–H and O–H groups in total. The number of anilines is 1. The van der Waals surface area contributed by atoms with E-state index >= 15 is 0 Å². The SMILES string of the molecule is CC[C@H](C)[C@@H]([C@@H](CC(=O)N1CCC[C@H]1[C@H](OC)[C@@H](C)C(=O)N[C@H](C)Cc1ccccc1)OC)N(C)C(=O)[C@@H](NC(=O)[C@H](C(C)C)N(C)C(=O)OCc1ccc(NC(=O)[C@H](CCCNC(N)=O)NC(=O)[C@@H](NC(=O)CCCCCN2C(=O)C=CC2=O)C(C)C)cc1)C(C)C. The summed E-state index contributed by atoms with van der Waals surface area (Å²) in [5, 5.41) is 16.9. The summed E-state index contributed by atoms with van der Waals surface area (Å²) in [6.07, 6.45) is 4.85. The topological polar surface area (TPSA) is 327 Å². The molecule has 2 heterocycles. The number of amides is 12. The lowest BCUT2D eigenvalue weighted by atomic mass is 9.89. The first-order valence-electron chi connectivity index (χ1n) is 32.8. The van der Waals surface area contributed by atoms with Crippen molar-refractivity contribution >= 4 is 71.0 Å². The van der Waals surface area contributed by atoms with Gasteiger partial charge in [-0.05, 0) is 98.8 Å². The summed E-state index contributed by atoms with van der Waals surface area (Å²) in [4.78, 5) is 152. The molecule has 0 radical (unpaired) electrons. The first kappa shape index (κ1) is 77.5. The molecular formula is C68H105N11O14. The van der Waals surface area contributed by atoms with Gasteiger partial charge in [0.2, 0.25) is 41.4 Å². The zero-order valence-corrected chi connectivity index (χ0v) is 57.1. The van der Waals surface area contributed by atoms with Crippen molar-refractivity contribution in [3.8, 4) is 0 Å². The van der Waals surface area contributed by atoms with Crippen LogP contribution in [-0.4, -0.2) is 187 Å². The van der Waals surface area contributed by atoms with E-state index in [-0.39, 0.29) is 98.8 Å². The van der Waals surface area contributed by atoms with Gasteiger partial charge in [0.1, 0.15) is 30.8 Å². The van der Waals surface area contributed by atoms with Crippen molar-refractivity contribution < 1.29 is 67.0 Å². The van der Waals surface area contributed by atoms with E-state index in [4.69, 9.17) is 19.9 Å². The number of carbonyl (C=O) groups excluding carboxylic acids is 11. The molecule has 1 fully saturated rings. The average Bonchev–Trinajstić information content (AvgIpc) is 1.84. The number of likely N-dealkylation sites (tertiary alicyclic amines) is 1. The van der Waals surface area contributed by atoms with Crippen molar-refractivity contribution in [2.75, 3.05) is 53.3 Å². The second-order valence-corrected chi connectivity index (χ2v) is 25.7. The van der Waals surface area contributed by atoms with Crippen molar-refractivity contribution in [3.63, 3.8) is 0 Å². The number of hydrogen-bond acceptors (Lipinski definition) is 14. The summed E-state index contributed by atoms with van der Waals surface area (Å²) < 4.78 is 17.8. The number of likely N-dealkylation sites (N-methyl/N-ethyl adjacent to an activating group) is 2. The molecule has 2 aromatic rings. The van der Waals surface area contributed by atoms with Crippen molar-refractivity contribution in [1.29, 1.82) is 0 Å². The van der Waals surface area contributed by atoms with E-state index in [0.29, 0.717) is 56.3 Å². The van der Waals surface area contributed by atoms with Gasteiger partial charge in [0.05, 0.1) is 36.6 Å². The maximum atomic E-state index is 14.8. The number of imide groups is 1. The fourth-order valence-electron chi connectivity index (χ4n) is 12.1. The molecular weight excluding hydrogens is 1190 g/mol. The Kier molecular flexibility index (Phi) is 31.9. The van der Waals surface area contributed by atoms with Gasteiger partial charge in [-0.1, -0.05) is 118 Å². The first-order valence-corrected chi connectivity index (χ1v) is 32.8. The number of nitrogens with one attached hydrogen (secondary N) is 6. The van der Waals surface area contributed by atoms with Gasteiger partial charge in [-0.25, -0.2) is 9.59 Å². The van der Waals surface area contributed by atoms with Crippen LogP contribution >= 0.6 is 0 Å². The first-order chi connectivity index (χ1) is 44.0. The van der Waals surface area contributed by atoms with E-state index < -0.39 is 95.9 Å². The molecule has 1 saturated heterocycles. The largest absolute Gasteiger partial charge is 0.445 e. The van der Waals surface area contributed by atoms with Gasteiger partial charge in [-0.2, -0.15) is 0 Å².